The van der Waals surface area contributed by atoms with Crippen molar-refractivity contribution in [1.82, 2.24) is 10.2 Å². The van der Waals surface area contributed by atoms with Crippen LogP contribution in [0.5, 0.6) is 0 Å². The van der Waals surface area contributed by atoms with Gasteiger partial charge in [-0.1, -0.05) is 0 Å². The molecule has 0 radical (unpaired) electrons. The molecule has 0 unspecified atom stereocenters. The van der Waals surface area contributed by atoms with Gasteiger partial charge in [-0.2, -0.15) is 5.10 Å². The topological polar surface area (TPSA) is 41.0 Å². The number of nitrogens with zero attached hydrogens (tertiary/aromatic N) is 2. The van der Waals surface area contributed by atoms with E-state index in [2.05, 4.69) is 15.2 Å². The normalized spacial score (nSPS) is 15.8. The fourth-order valence-corrected chi connectivity index (χ4v) is 0.956. The molecular weight excluding hydrogens is 126 g/mol. The van der Waals surface area contributed by atoms with E-state index in [1.54, 1.807) is 6.20 Å². The van der Waals surface area contributed by atoms with Gasteiger partial charge in [0.1, 0.15) is 0 Å². The maximum atomic E-state index is 4.06. The molecular formula is C7H7N3. The Balaban J connectivity index is 2.30. The van der Waals surface area contributed by atoms with E-state index in [-0.39, 0.29) is 0 Å². The summed E-state index contributed by atoms with van der Waals surface area (Å²) in [4.78, 5) is 4.06. The first kappa shape index (κ1) is 5.41. The van der Waals surface area contributed by atoms with Crippen molar-refractivity contribution in [2.75, 3.05) is 6.54 Å². The molecule has 0 spiro atoms. The van der Waals surface area contributed by atoms with Gasteiger partial charge in [-0.3, -0.25) is 10.1 Å². The van der Waals surface area contributed by atoms with Crippen molar-refractivity contribution in [3.8, 4) is 0 Å². The second-order valence-corrected chi connectivity index (χ2v) is 2.15. The number of rotatable bonds is 1. The molecule has 0 aromatic carbocycles. The molecule has 3 nitrogen and oxygen atoms in total. The highest BCUT2D eigenvalue weighted by Gasteiger charge is 2.03. The summed E-state index contributed by atoms with van der Waals surface area (Å²) < 4.78 is 0. The van der Waals surface area contributed by atoms with Crippen molar-refractivity contribution < 1.29 is 0 Å². The predicted octanol–water partition coefficient (Wildman–Crippen LogP) is 0.877. The summed E-state index contributed by atoms with van der Waals surface area (Å²) in [5.41, 5.74) is 2.27. The van der Waals surface area contributed by atoms with Crippen molar-refractivity contribution >= 4 is 11.8 Å². The van der Waals surface area contributed by atoms with Gasteiger partial charge in [0.25, 0.3) is 0 Å². The van der Waals surface area contributed by atoms with Crippen LogP contribution in [0.3, 0.4) is 0 Å². The van der Waals surface area contributed by atoms with E-state index in [0.29, 0.717) is 0 Å². The summed E-state index contributed by atoms with van der Waals surface area (Å²) in [6.45, 7) is 0.780. The Labute approximate surface area is 58.5 Å². The summed E-state index contributed by atoms with van der Waals surface area (Å²) in [5, 5.41) is 6.73. The quantitative estimate of drug-likeness (QED) is 0.607. The average molecular weight is 133 g/mol. The number of aromatic nitrogens is 2. The summed E-state index contributed by atoms with van der Waals surface area (Å²) in [6.07, 6.45) is 5.55. The number of aromatic amines is 1. The molecule has 0 saturated carbocycles. The average Bonchev–Trinajstić information content (AvgIpc) is 2.59. The van der Waals surface area contributed by atoms with E-state index in [0.717, 1.165) is 12.2 Å². The van der Waals surface area contributed by atoms with E-state index < -0.39 is 0 Å². The Morgan fingerprint density at radius 3 is 3.10 bits per heavy atom. The highest BCUT2D eigenvalue weighted by Crippen LogP contribution is 2.12. The maximum Gasteiger partial charge on any atom is 0.0661 e. The highest BCUT2D eigenvalue weighted by atomic mass is 15.1. The predicted molar refractivity (Wildman–Crippen MR) is 39.9 cm³/mol. The van der Waals surface area contributed by atoms with Gasteiger partial charge in [-0.15, -0.1) is 0 Å². The Morgan fingerprint density at radius 2 is 2.50 bits per heavy atom. The van der Waals surface area contributed by atoms with Crippen LogP contribution in [-0.4, -0.2) is 23.0 Å². The largest absolute Gasteiger partial charge is 0.288 e. The molecule has 2 heterocycles. The van der Waals surface area contributed by atoms with Crippen LogP contribution in [0.4, 0.5) is 0 Å². The van der Waals surface area contributed by atoms with Crippen LogP contribution in [-0.2, 0) is 0 Å². The molecule has 0 bridgehead atoms. The van der Waals surface area contributed by atoms with Crippen molar-refractivity contribution in [2.45, 2.75) is 0 Å². The lowest BCUT2D eigenvalue weighted by Gasteiger charge is -1.92. The molecule has 0 aliphatic carbocycles. The molecule has 1 aromatic heterocycles. The van der Waals surface area contributed by atoms with Gasteiger partial charge in [-0.05, 0) is 12.1 Å². The summed E-state index contributed by atoms with van der Waals surface area (Å²) in [5.74, 6) is 0. The number of nitrogens with one attached hydrogen (secondary N) is 1. The second kappa shape index (κ2) is 2.10. The van der Waals surface area contributed by atoms with Crippen LogP contribution < -0.4 is 0 Å². The molecule has 0 amide bonds. The van der Waals surface area contributed by atoms with Crippen LogP contribution in [0.1, 0.15) is 5.69 Å². The number of hydrogen-bond acceptors (Lipinski definition) is 2. The smallest absolute Gasteiger partial charge is 0.0661 e. The zero-order valence-electron chi connectivity index (χ0n) is 5.41. The van der Waals surface area contributed by atoms with Crippen molar-refractivity contribution in [3.05, 3.63) is 24.0 Å². The molecule has 1 N–H and O–H groups in total. The first-order valence-corrected chi connectivity index (χ1v) is 3.15. The molecule has 0 atom stereocenters. The number of H-pyrrole nitrogens is 1. The zero-order chi connectivity index (χ0) is 6.81. The van der Waals surface area contributed by atoms with Crippen LogP contribution in [0.25, 0.3) is 5.57 Å². The van der Waals surface area contributed by atoms with Crippen molar-refractivity contribution in [1.29, 1.82) is 0 Å². The Hall–Kier alpha value is -1.38. The Kier molecular flexibility index (Phi) is 1.13. The molecule has 50 valence electrons. The molecule has 10 heavy (non-hydrogen) atoms. The standard InChI is InChI=1S/C7H7N3/c1-3-8-5-6(1)7-2-4-9-10-7/h1-4H,5H2,(H,9,10). The van der Waals surface area contributed by atoms with E-state index in [1.807, 2.05) is 18.4 Å². The van der Waals surface area contributed by atoms with Gasteiger partial charge in [0.2, 0.25) is 0 Å². The maximum absolute atomic E-state index is 4.06. The number of aliphatic imine (C=N–C) groups is 1. The fraction of sp³-hybridized carbons (Fsp3) is 0.143. The molecule has 2 rings (SSSR count). The molecule has 0 saturated heterocycles. The minimum Gasteiger partial charge on any atom is -0.288 e. The molecule has 1 aromatic rings. The lowest BCUT2D eigenvalue weighted by molar-refractivity contribution is 1.07. The van der Waals surface area contributed by atoms with Crippen LogP contribution >= 0.6 is 0 Å². The van der Waals surface area contributed by atoms with Crippen LogP contribution in [0, 0.1) is 0 Å². The first-order chi connectivity index (χ1) is 4.97. The second-order valence-electron chi connectivity index (χ2n) is 2.15. The Morgan fingerprint density at radius 1 is 1.50 bits per heavy atom. The van der Waals surface area contributed by atoms with Crippen LogP contribution in [0.2, 0.25) is 0 Å². The lowest BCUT2D eigenvalue weighted by Crippen LogP contribution is -1.84. The van der Waals surface area contributed by atoms with E-state index in [9.17, 15) is 0 Å². The minimum atomic E-state index is 0.780. The van der Waals surface area contributed by atoms with Gasteiger partial charge >= 0.3 is 0 Å². The van der Waals surface area contributed by atoms with Gasteiger partial charge < -0.3 is 0 Å². The number of allylic oxidation sites excluding steroid dienone is 1. The lowest BCUT2D eigenvalue weighted by atomic mass is 10.2. The summed E-state index contributed by atoms with van der Waals surface area (Å²) in [6, 6.07) is 1.94. The zero-order valence-corrected chi connectivity index (χ0v) is 5.41. The fourth-order valence-electron chi connectivity index (χ4n) is 0.956. The summed E-state index contributed by atoms with van der Waals surface area (Å²) in [7, 11) is 0. The SMILES string of the molecule is C1=NCC(c2ccn[nH]2)=C1. The van der Waals surface area contributed by atoms with Crippen LogP contribution in [0.15, 0.2) is 23.3 Å². The third-order valence-corrected chi connectivity index (χ3v) is 1.49. The monoisotopic (exact) mass is 133 g/mol. The molecule has 3 heteroatoms. The highest BCUT2D eigenvalue weighted by molar-refractivity contribution is 5.88. The van der Waals surface area contributed by atoms with E-state index in [4.69, 9.17) is 0 Å². The first-order valence-electron chi connectivity index (χ1n) is 3.15. The van der Waals surface area contributed by atoms with Gasteiger partial charge in [0.15, 0.2) is 0 Å². The third-order valence-electron chi connectivity index (χ3n) is 1.49. The van der Waals surface area contributed by atoms with Gasteiger partial charge in [0.05, 0.1) is 12.2 Å². The van der Waals surface area contributed by atoms with E-state index in [1.165, 1.54) is 5.57 Å². The minimum absolute atomic E-state index is 0.780. The van der Waals surface area contributed by atoms with E-state index >= 15 is 0 Å². The van der Waals surface area contributed by atoms with Crippen molar-refractivity contribution in [2.24, 2.45) is 4.99 Å². The summed E-state index contributed by atoms with van der Waals surface area (Å²) >= 11 is 0. The number of hydrogen-bond donors (Lipinski definition) is 1. The van der Waals surface area contributed by atoms with Gasteiger partial charge in [-0.25, -0.2) is 0 Å². The Bertz CT molecular complexity index is 269. The molecule has 0 fully saturated rings. The molecule has 1 aliphatic rings. The van der Waals surface area contributed by atoms with Gasteiger partial charge in [0, 0.05) is 18.0 Å². The third kappa shape index (κ3) is 0.757. The van der Waals surface area contributed by atoms with Crippen molar-refractivity contribution in [3.63, 3.8) is 0 Å². The molecule has 1 aliphatic heterocycles.